The van der Waals surface area contributed by atoms with Crippen LogP contribution in [0.1, 0.15) is 30.4 Å². The molecule has 1 fully saturated rings. The van der Waals surface area contributed by atoms with Gasteiger partial charge in [-0.3, -0.25) is 4.79 Å². The van der Waals surface area contributed by atoms with Crippen molar-refractivity contribution in [1.82, 2.24) is 10.2 Å². The molecule has 122 valence electrons. The minimum Gasteiger partial charge on any atom is -0.493 e. The topological polar surface area (TPSA) is 41.6 Å². The first-order valence-electron chi connectivity index (χ1n) is 8.22. The van der Waals surface area contributed by atoms with Gasteiger partial charge in [0.2, 0.25) is 5.91 Å². The Morgan fingerprint density at radius 2 is 2.05 bits per heavy atom. The number of aryl methyl sites for hydroxylation is 2. The van der Waals surface area contributed by atoms with Crippen molar-refractivity contribution >= 4 is 5.91 Å². The van der Waals surface area contributed by atoms with Gasteiger partial charge in [-0.15, -0.1) is 0 Å². The van der Waals surface area contributed by atoms with E-state index in [1.54, 1.807) is 0 Å². The van der Waals surface area contributed by atoms with Crippen LogP contribution in [0.3, 0.4) is 0 Å². The average molecular weight is 304 g/mol. The van der Waals surface area contributed by atoms with Crippen LogP contribution in [0.15, 0.2) is 18.2 Å². The van der Waals surface area contributed by atoms with E-state index in [1.165, 1.54) is 5.56 Å². The molecule has 1 aromatic carbocycles. The summed E-state index contributed by atoms with van der Waals surface area (Å²) in [5.41, 5.74) is 2.30. The Balaban J connectivity index is 1.73. The van der Waals surface area contributed by atoms with E-state index in [-0.39, 0.29) is 5.91 Å². The van der Waals surface area contributed by atoms with E-state index in [0.29, 0.717) is 18.9 Å². The Kier molecular flexibility index (Phi) is 6.25. The van der Waals surface area contributed by atoms with Gasteiger partial charge in [0.05, 0.1) is 13.0 Å². The lowest BCUT2D eigenvalue weighted by molar-refractivity contribution is -0.133. The molecule has 1 saturated heterocycles. The van der Waals surface area contributed by atoms with Crippen molar-refractivity contribution < 1.29 is 9.53 Å². The summed E-state index contributed by atoms with van der Waals surface area (Å²) in [4.78, 5) is 14.2. The van der Waals surface area contributed by atoms with Crippen LogP contribution in [-0.2, 0) is 4.79 Å². The Bertz CT molecular complexity index is 494. The molecule has 1 aliphatic heterocycles. The second-order valence-corrected chi connectivity index (χ2v) is 6.25. The maximum atomic E-state index is 12.2. The minimum absolute atomic E-state index is 0.216. The van der Waals surface area contributed by atoms with Gasteiger partial charge in [0.1, 0.15) is 5.75 Å². The van der Waals surface area contributed by atoms with E-state index < -0.39 is 0 Å². The summed E-state index contributed by atoms with van der Waals surface area (Å²) >= 11 is 0. The van der Waals surface area contributed by atoms with Crippen molar-refractivity contribution in [1.29, 1.82) is 0 Å². The van der Waals surface area contributed by atoms with E-state index in [4.69, 9.17) is 4.74 Å². The first-order chi connectivity index (χ1) is 10.6. The van der Waals surface area contributed by atoms with Crippen LogP contribution in [0.2, 0.25) is 0 Å². The summed E-state index contributed by atoms with van der Waals surface area (Å²) in [5, 5.41) is 3.22. The number of piperidine rings is 1. The molecule has 0 aromatic heterocycles. The van der Waals surface area contributed by atoms with Crippen molar-refractivity contribution in [2.24, 2.45) is 5.92 Å². The van der Waals surface area contributed by atoms with Crippen molar-refractivity contribution in [3.63, 3.8) is 0 Å². The number of amides is 1. The summed E-state index contributed by atoms with van der Waals surface area (Å²) in [5.74, 6) is 1.81. The van der Waals surface area contributed by atoms with Gasteiger partial charge in [-0.05, 0) is 63.4 Å². The molecule has 0 spiro atoms. The Labute approximate surface area is 133 Å². The highest BCUT2D eigenvalue weighted by molar-refractivity contribution is 5.76. The minimum atomic E-state index is 0.216. The van der Waals surface area contributed by atoms with Crippen molar-refractivity contribution in [3.8, 4) is 5.75 Å². The Hall–Kier alpha value is -1.55. The maximum absolute atomic E-state index is 12.2. The number of nitrogens with one attached hydrogen (secondary N) is 1. The Morgan fingerprint density at radius 1 is 1.32 bits per heavy atom. The molecular weight excluding hydrogens is 276 g/mol. The molecule has 0 radical (unpaired) electrons. The van der Waals surface area contributed by atoms with Gasteiger partial charge in [0, 0.05) is 13.1 Å². The summed E-state index contributed by atoms with van der Waals surface area (Å²) in [7, 11) is 1.99. The maximum Gasteiger partial charge on any atom is 0.225 e. The fraction of sp³-hybridized carbons (Fsp3) is 0.611. The average Bonchev–Trinajstić information content (AvgIpc) is 2.51. The molecule has 2 rings (SSSR count). The number of carbonyl (C=O) groups is 1. The van der Waals surface area contributed by atoms with E-state index in [1.807, 2.05) is 31.9 Å². The molecule has 0 atom stereocenters. The predicted octanol–water partition coefficient (Wildman–Crippen LogP) is 2.53. The van der Waals surface area contributed by atoms with Gasteiger partial charge in [0.25, 0.3) is 0 Å². The fourth-order valence-corrected chi connectivity index (χ4v) is 2.94. The third-order valence-electron chi connectivity index (χ3n) is 4.38. The number of benzene rings is 1. The van der Waals surface area contributed by atoms with Crippen LogP contribution in [0.25, 0.3) is 0 Å². The van der Waals surface area contributed by atoms with Crippen LogP contribution < -0.4 is 10.1 Å². The van der Waals surface area contributed by atoms with Gasteiger partial charge in [-0.25, -0.2) is 0 Å². The molecular formula is C18H28N2O2. The standard InChI is InChI=1S/C18H28N2O2/c1-14-4-5-15(2)17(12-14)22-11-8-18(21)20-9-6-16(7-10-20)13-19-3/h4-5,12,16,19H,6-11,13H2,1-3H3. The monoisotopic (exact) mass is 304 g/mol. The van der Waals surface area contributed by atoms with Crippen molar-refractivity contribution in [3.05, 3.63) is 29.3 Å². The number of ether oxygens (including phenoxy) is 1. The highest BCUT2D eigenvalue weighted by atomic mass is 16.5. The van der Waals surface area contributed by atoms with E-state index in [9.17, 15) is 4.79 Å². The van der Waals surface area contributed by atoms with Gasteiger partial charge in [0.15, 0.2) is 0 Å². The lowest BCUT2D eigenvalue weighted by Gasteiger charge is -2.32. The number of nitrogens with zero attached hydrogens (tertiary/aromatic N) is 1. The highest BCUT2D eigenvalue weighted by Crippen LogP contribution is 2.20. The molecule has 1 N–H and O–H groups in total. The molecule has 0 aliphatic carbocycles. The fourth-order valence-electron chi connectivity index (χ4n) is 2.94. The lowest BCUT2D eigenvalue weighted by Crippen LogP contribution is -2.40. The molecule has 1 amide bonds. The molecule has 1 aromatic rings. The number of rotatable bonds is 6. The first-order valence-corrected chi connectivity index (χ1v) is 8.22. The molecule has 0 bridgehead atoms. The second-order valence-electron chi connectivity index (χ2n) is 6.25. The summed E-state index contributed by atoms with van der Waals surface area (Å²) in [6.45, 7) is 7.36. The highest BCUT2D eigenvalue weighted by Gasteiger charge is 2.22. The normalized spacial score (nSPS) is 15.9. The zero-order chi connectivity index (χ0) is 15.9. The van der Waals surface area contributed by atoms with Gasteiger partial charge in [-0.1, -0.05) is 12.1 Å². The van der Waals surface area contributed by atoms with Crippen LogP contribution in [0.5, 0.6) is 5.75 Å². The molecule has 4 heteroatoms. The molecule has 1 heterocycles. The van der Waals surface area contributed by atoms with Gasteiger partial charge in [-0.2, -0.15) is 0 Å². The summed E-state index contributed by atoms with van der Waals surface area (Å²) in [6, 6.07) is 6.16. The quantitative estimate of drug-likeness (QED) is 0.878. The van der Waals surface area contributed by atoms with E-state index in [2.05, 4.69) is 17.4 Å². The smallest absolute Gasteiger partial charge is 0.225 e. The van der Waals surface area contributed by atoms with Crippen LogP contribution in [-0.4, -0.2) is 44.1 Å². The largest absolute Gasteiger partial charge is 0.493 e. The third kappa shape index (κ3) is 4.73. The van der Waals surface area contributed by atoms with Gasteiger partial charge < -0.3 is 15.0 Å². The van der Waals surface area contributed by atoms with Crippen LogP contribution in [0, 0.1) is 19.8 Å². The molecule has 22 heavy (non-hydrogen) atoms. The molecule has 0 unspecified atom stereocenters. The van der Waals surface area contributed by atoms with E-state index >= 15 is 0 Å². The number of hydrogen-bond acceptors (Lipinski definition) is 3. The van der Waals surface area contributed by atoms with Crippen molar-refractivity contribution in [2.45, 2.75) is 33.1 Å². The number of hydrogen-bond donors (Lipinski definition) is 1. The van der Waals surface area contributed by atoms with Crippen LogP contribution >= 0.6 is 0 Å². The van der Waals surface area contributed by atoms with E-state index in [0.717, 1.165) is 43.8 Å². The predicted molar refractivity (Wildman–Crippen MR) is 89.3 cm³/mol. The molecule has 1 aliphatic rings. The van der Waals surface area contributed by atoms with Crippen LogP contribution in [0.4, 0.5) is 0 Å². The summed E-state index contributed by atoms with van der Waals surface area (Å²) < 4.78 is 5.78. The van der Waals surface area contributed by atoms with Gasteiger partial charge >= 0.3 is 0 Å². The Morgan fingerprint density at radius 3 is 2.73 bits per heavy atom. The van der Waals surface area contributed by atoms with Crippen molar-refractivity contribution in [2.75, 3.05) is 33.3 Å². The third-order valence-corrected chi connectivity index (χ3v) is 4.38. The zero-order valence-electron chi connectivity index (χ0n) is 14.0. The number of likely N-dealkylation sites (tertiary alicyclic amines) is 1. The second kappa shape index (κ2) is 8.18. The summed E-state index contributed by atoms with van der Waals surface area (Å²) in [6.07, 6.45) is 2.67. The molecule has 4 nitrogen and oxygen atoms in total. The lowest BCUT2D eigenvalue weighted by atomic mass is 9.97. The number of carbonyl (C=O) groups excluding carboxylic acids is 1. The SMILES string of the molecule is CNCC1CCN(C(=O)CCOc2cc(C)ccc2C)CC1. The molecule has 0 saturated carbocycles. The first kappa shape index (κ1) is 16.8. The zero-order valence-corrected chi connectivity index (χ0v) is 14.0.